The van der Waals surface area contributed by atoms with E-state index >= 15 is 0 Å². The monoisotopic (exact) mass is 516 g/mol. The number of Topliss-reactive ketones (excluding diaryl/α,β-unsaturated/α-hetero) is 2. The van der Waals surface area contributed by atoms with E-state index in [2.05, 4.69) is 62.4 Å². The second-order valence-corrected chi connectivity index (χ2v) is 11.7. The topological polar surface area (TPSA) is 34.1 Å². The van der Waals surface area contributed by atoms with Crippen LogP contribution in [0.4, 0.5) is 0 Å². The molecule has 208 valence electrons. The van der Waals surface area contributed by atoms with E-state index in [0.29, 0.717) is 24.4 Å². The highest BCUT2D eigenvalue weighted by Gasteiger charge is 2.47. The van der Waals surface area contributed by atoms with Crippen molar-refractivity contribution >= 4 is 11.6 Å². The Balaban J connectivity index is 1.80. The summed E-state index contributed by atoms with van der Waals surface area (Å²) in [6.07, 6.45) is 17.9. The maximum absolute atomic E-state index is 14.1. The van der Waals surface area contributed by atoms with Crippen LogP contribution in [0.15, 0.2) is 60.7 Å². The predicted molar refractivity (Wildman–Crippen MR) is 161 cm³/mol. The first-order valence-corrected chi connectivity index (χ1v) is 15.8. The third-order valence-electron chi connectivity index (χ3n) is 8.77. The summed E-state index contributed by atoms with van der Waals surface area (Å²) in [5.74, 6) is 0.527. The van der Waals surface area contributed by atoms with E-state index in [0.717, 1.165) is 31.2 Å². The Morgan fingerprint density at radius 2 is 1.16 bits per heavy atom. The molecule has 0 unspecified atom stereocenters. The van der Waals surface area contributed by atoms with E-state index in [1.54, 1.807) is 0 Å². The van der Waals surface area contributed by atoms with Crippen LogP contribution < -0.4 is 0 Å². The molecule has 0 aromatic heterocycles. The van der Waals surface area contributed by atoms with Gasteiger partial charge in [0.25, 0.3) is 0 Å². The van der Waals surface area contributed by atoms with Crippen LogP contribution in [-0.4, -0.2) is 11.6 Å². The molecule has 3 rings (SSSR count). The minimum atomic E-state index is -0.123. The van der Waals surface area contributed by atoms with E-state index in [9.17, 15) is 9.59 Å². The third kappa shape index (κ3) is 9.21. The second-order valence-electron chi connectivity index (χ2n) is 11.7. The van der Waals surface area contributed by atoms with Gasteiger partial charge in [-0.15, -0.1) is 0 Å². The minimum Gasteiger partial charge on any atom is -0.299 e. The molecule has 0 amide bonds. The Morgan fingerprint density at radius 1 is 0.658 bits per heavy atom. The summed E-state index contributed by atoms with van der Waals surface area (Å²) in [7, 11) is 0. The molecule has 4 atom stereocenters. The molecule has 0 aliphatic heterocycles. The number of carbonyl (C=O) groups excluding carboxylic acids is 2. The Morgan fingerprint density at radius 3 is 1.74 bits per heavy atom. The summed E-state index contributed by atoms with van der Waals surface area (Å²) in [5, 5.41) is 0. The Kier molecular flexibility index (Phi) is 13.9. The number of hydrogen-bond acceptors (Lipinski definition) is 2. The first-order valence-electron chi connectivity index (χ1n) is 15.8. The lowest BCUT2D eigenvalue weighted by Crippen LogP contribution is -2.42. The zero-order chi connectivity index (χ0) is 27.0. The number of hydrogen-bond donors (Lipinski definition) is 0. The molecule has 2 nitrogen and oxygen atoms in total. The predicted octanol–water partition coefficient (Wildman–Crippen LogP) is 10.2. The van der Waals surface area contributed by atoms with Gasteiger partial charge in [0, 0.05) is 36.5 Å². The molecule has 38 heavy (non-hydrogen) atoms. The van der Waals surface area contributed by atoms with Crippen molar-refractivity contribution in [1.29, 1.82) is 0 Å². The molecule has 1 aliphatic rings. The maximum Gasteiger partial charge on any atom is 0.137 e. The summed E-state index contributed by atoms with van der Waals surface area (Å²) < 4.78 is 0. The lowest BCUT2D eigenvalue weighted by Gasteiger charge is -2.42. The summed E-state index contributed by atoms with van der Waals surface area (Å²) in [6, 6.07) is 20.9. The molecule has 1 fully saturated rings. The Labute approximate surface area is 233 Å². The summed E-state index contributed by atoms with van der Waals surface area (Å²) in [4.78, 5) is 27.9. The quantitative estimate of drug-likeness (QED) is 0.185. The number of unbranched alkanes of at least 4 members (excludes halogenated alkanes) is 11. The summed E-state index contributed by atoms with van der Waals surface area (Å²) in [5.41, 5.74) is 2.33. The highest BCUT2D eigenvalue weighted by atomic mass is 16.1. The van der Waals surface area contributed by atoms with Crippen molar-refractivity contribution in [2.45, 2.75) is 128 Å². The van der Waals surface area contributed by atoms with Gasteiger partial charge in [-0.25, -0.2) is 0 Å². The van der Waals surface area contributed by atoms with Crippen LogP contribution in [0.3, 0.4) is 0 Å². The first kappa shape index (κ1) is 30.3. The molecular formula is C36H52O2. The molecular weight excluding hydrogens is 464 g/mol. The smallest absolute Gasteiger partial charge is 0.137 e. The van der Waals surface area contributed by atoms with E-state index in [1.165, 1.54) is 69.8 Å². The van der Waals surface area contributed by atoms with Crippen molar-refractivity contribution in [1.82, 2.24) is 0 Å². The van der Waals surface area contributed by atoms with Crippen LogP contribution in [0.25, 0.3) is 0 Å². The molecule has 0 bridgehead atoms. The van der Waals surface area contributed by atoms with Crippen molar-refractivity contribution in [2.75, 3.05) is 0 Å². The van der Waals surface area contributed by atoms with Gasteiger partial charge in [-0.05, 0) is 24.0 Å². The molecule has 1 saturated carbocycles. The van der Waals surface area contributed by atoms with Crippen LogP contribution in [0.1, 0.15) is 140 Å². The van der Waals surface area contributed by atoms with Gasteiger partial charge in [0.2, 0.25) is 0 Å². The molecule has 1 aliphatic carbocycles. The highest BCUT2D eigenvalue weighted by Crippen LogP contribution is 2.50. The van der Waals surface area contributed by atoms with E-state index in [-0.39, 0.29) is 23.7 Å². The number of benzene rings is 2. The molecule has 2 aromatic rings. The van der Waals surface area contributed by atoms with Gasteiger partial charge in [0.15, 0.2) is 0 Å². The van der Waals surface area contributed by atoms with Gasteiger partial charge < -0.3 is 0 Å². The fraction of sp³-hybridized carbons (Fsp3) is 0.611. The Bertz CT molecular complexity index is 919. The highest BCUT2D eigenvalue weighted by molar-refractivity contribution is 5.90. The van der Waals surface area contributed by atoms with E-state index < -0.39 is 0 Å². The van der Waals surface area contributed by atoms with Crippen LogP contribution in [0, 0.1) is 11.8 Å². The van der Waals surface area contributed by atoms with Crippen LogP contribution in [-0.2, 0) is 9.59 Å². The van der Waals surface area contributed by atoms with Gasteiger partial charge in [-0.2, -0.15) is 0 Å². The molecule has 0 heterocycles. The van der Waals surface area contributed by atoms with Gasteiger partial charge in [-0.1, -0.05) is 152 Å². The SMILES string of the molecule is CCCCCCCCCC(=O)[C@@H]1[C@@H](c2ccccc2)[C@@H](CCCCCCCC)C(=O)C[C@H]1c1ccccc1. The number of ketones is 2. The average Bonchev–Trinajstić information content (AvgIpc) is 2.95. The van der Waals surface area contributed by atoms with Gasteiger partial charge in [0.1, 0.15) is 11.6 Å². The number of carbonyl (C=O) groups is 2. The van der Waals surface area contributed by atoms with Crippen LogP contribution in [0.2, 0.25) is 0 Å². The van der Waals surface area contributed by atoms with Crippen molar-refractivity contribution in [3.8, 4) is 0 Å². The zero-order valence-corrected chi connectivity index (χ0v) is 24.2. The van der Waals surface area contributed by atoms with Crippen LogP contribution in [0.5, 0.6) is 0 Å². The van der Waals surface area contributed by atoms with Crippen molar-refractivity contribution in [2.24, 2.45) is 11.8 Å². The molecule has 0 N–H and O–H groups in total. The third-order valence-corrected chi connectivity index (χ3v) is 8.77. The lowest BCUT2D eigenvalue weighted by atomic mass is 9.59. The van der Waals surface area contributed by atoms with Crippen molar-refractivity contribution < 1.29 is 9.59 Å². The molecule has 0 spiro atoms. The normalized spacial score (nSPS) is 21.5. The van der Waals surface area contributed by atoms with Crippen molar-refractivity contribution in [3.05, 3.63) is 71.8 Å². The number of rotatable bonds is 18. The van der Waals surface area contributed by atoms with Gasteiger partial charge >= 0.3 is 0 Å². The van der Waals surface area contributed by atoms with E-state index in [4.69, 9.17) is 0 Å². The summed E-state index contributed by atoms with van der Waals surface area (Å²) >= 11 is 0. The van der Waals surface area contributed by atoms with E-state index in [1.807, 2.05) is 12.1 Å². The van der Waals surface area contributed by atoms with Gasteiger partial charge in [0.05, 0.1) is 0 Å². The minimum absolute atomic E-state index is 0.0182. The lowest BCUT2D eigenvalue weighted by molar-refractivity contribution is -0.133. The largest absolute Gasteiger partial charge is 0.299 e. The zero-order valence-electron chi connectivity index (χ0n) is 24.2. The first-order chi connectivity index (χ1) is 18.7. The fourth-order valence-corrected chi connectivity index (χ4v) is 6.67. The second kappa shape index (κ2) is 17.4. The summed E-state index contributed by atoms with van der Waals surface area (Å²) in [6.45, 7) is 4.50. The maximum atomic E-state index is 14.1. The van der Waals surface area contributed by atoms with Crippen LogP contribution >= 0.6 is 0 Å². The molecule has 2 heteroatoms. The molecule has 0 radical (unpaired) electrons. The molecule has 0 saturated heterocycles. The molecule has 2 aromatic carbocycles. The van der Waals surface area contributed by atoms with Crippen molar-refractivity contribution in [3.63, 3.8) is 0 Å². The standard InChI is InChI=1S/C36H52O2/c1-3-5-7-9-11-13-21-27-33(37)36-32(29-22-16-14-17-23-29)28-34(38)31(26-20-12-10-8-6-4-2)35(36)30-24-18-15-19-25-30/h14-19,22-25,31-32,35-36H,3-13,20-21,26-28H2,1-2H3/t31-,32-,35-,36+/m0/s1. The van der Waals surface area contributed by atoms with Gasteiger partial charge in [-0.3, -0.25) is 9.59 Å². The fourth-order valence-electron chi connectivity index (χ4n) is 6.67. The average molecular weight is 517 g/mol. The Hall–Kier alpha value is -2.22.